The predicted octanol–water partition coefficient (Wildman–Crippen LogP) is 3.02. The van der Waals surface area contributed by atoms with Gasteiger partial charge in [0.25, 0.3) is 5.91 Å². The zero-order valence-electron chi connectivity index (χ0n) is 17.4. The third-order valence-electron chi connectivity index (χ3n) is 4.52. The number of nitrogens with one attached hydrogen (secondary N) is 1. The largest absolute Gasteiger partial charge is 0.452 e. The van der Waals surface area contributed by atoms with E-state index in [1.165, 1.54) is 19.1 Å². The lowest BCUT2D eigenvalue weighted by Gasteiger charge is -2.32. The normalized spacial score (nSPS) is 16.1. The highest BCUT2D eigenvalue weighted by atomic mass is 19.1. The second-order valence-corrected chi connectivity index (χ2v) is 8.17. The van der Waals surface area contributed by atoms with E-state index in [2.05, 4.69) is 5.32 Å². The second-order valence-electron chi connectivity index (χ2n) is 8.17. The van der Waals surface area contributed by atoms with Crippen molar-refractivity contribution < 1.29 is 28.2 Å². The SMILES string of the molecule is C[C@@H](OC(=O)C1CCN(C(=O)OC(C)(C)C)CC1)C(=O)NCc1ccc(F)cc1. The van der Waals surface area contributed by atoms with Gasteiger partial charge in [0.05, 0.1) is 5.92 Å². The minimum Gasteiger partial charge on any atom is -0.452 e. The molecular formula is C21H29FN2O5. The smallest absolute Gasteiger partial charge is 0.410 e. The van der Waals surface area contributed by atoms with Crippen molar-refractivity contribution in [2.24, 2.45) is 5.92 Å². The van der Waals surface area contributed by atoms with Crippen LogP contribution >= 0.6 is 0 Å². The van der Waals surface area contributed by atoms with Crippen LogP contribution in [-0.2, 0) is 25.6 Å². The summed E-state index contributed by atoms with van der Waals surface area (Å²) < 4.78 is 23.5. The van der Waals surface area contributed by atoms with Gasteiger partial charge in [0.2, 0.25) is 0 Å². The van der Waals surface area contributed by atoms with Crippen molar-refractivity contribution in [1.29, 1.82) is 0 Å². The van der Waals surface area contributed by atoms with Crippen LogP contribution in [0.2, 0.25) is 0 Å². The number of hydrogen-bond donors (Lipinski definition) is 1. The van der Waals surface area contributed by atoms with Gasteiger partial charge in [0, 0.05) is 19.6 Å². The third-order valence-corrected chi connectivity index (χ3v) is 4.52. The molecule has 7 nitrogen and oxygen atoms in total. The standard InChI is InChI=1S/C21H29FN2O5/c1-14(18(25)23-13-15-5-7-17(22)8-6-15)28-19(26)16-9-11-24(12-10-16)20(27)29-21(2,3)4/h5-8,14,16H,9-13H2,1-4H3,(H,23,25)/t14-/m1/s1. The van der Waals surface area contributed by atoms with Crippen LogP contribution in [0.25, 0.3) is 0 Å². The lowest BCUT2D eigenvalue weighted by molar-refractivity contribution is -0.160. The van der Waals surface area contributed by atoms with Gasteiger partial charge < -0.3 is 19.7 Å². The Balaban J connectivity index is 1.74. The number of rotatable bonds is 5. The van der Waals surface area contributed by atoms with E-state index >= 15 is 0 Å². The molecule has 0 bridgehead atoms. The number of halogens is 1. The Hall–Kier alpha value is -2.64. The Labute approximate surface area is 170 Å². The summed E-state index contributed by atoms with van der Waals surface area (Å²) >= 11 is 0. The van der Waals surface area contributed by atoms with Crippen LogP contribution in [-0.4, -0.2) is 47.7 Å². The summed E-state index contributed by atoms with van der Waals surface area (Å²) in [5, 5.41) is 2.66. The fourth-order valence-corrected chi connectivity index (χ4v) is 2.88. The molecule has 1 heterocycles. The quantitative estimate of drug-likeness (QED) is 0.757. The van der Waals surface area contributed by atoms with Crippen LogP contribution in [0.4, 0.5) is 9.18 Å². The summed E-state index contributed by atoms with van der Waals surface area (Å²) in [5.74, 6) is -1.58. The number of amides is 2. The molecule has 0 unspecified atom stereocenters. The number of likely N-dealkylation sites (tertiary alicyclic amines) is 1. The van der Waals surface area contributed by atoms with E-state index in [-0.39, 0.29) is 18.3 Å². The molecule has 0 spiro atoms. The summed E-state index contributed by atoms with van der Waals surface area (Å²) in [4.78, 5) is 38.2. The summed E-state index contributed by atoms with van der Waals surface area (Å²) in [7, 11) is 0. The molecule has 1 aromatic carbocycles. The van der Waals surface area contributed by atoms with E-state index in [4.69, 9.17) is 9.47 Å². The Morgan fingerprint density at radius 1 is 1.17 bits per heavy atom. The van der Waals surface area contributed by atoms with Gasteiger partial charge in [-0.15, -0.1) is 0 Å². The molecular weight excluding hydrogens is 379 g/mol. The fraction of sp³-hybridized carbons (Fsp3) is 0.571. The number of ether oxygens (including phenoxy) is 2. The molecule has 29 heavy (non-hydrogen) atoms. The van der Waals surface area contributed by atoms with E-state index in [9.17, 15) is 18.8 Å². The van der Waals surface area contributed by atoms with Crippen molar-refractivity contribution in [3.63, 3.8) is 0 Å². The number of nitrogens with zero attached hydrogens (tertiary/aromatic N) is 1. The van der Waals surface area contributed by atoms with Crippen molar-refractivity contribution in [1.82, 2.24) is 10.2 Å². The van der Waals surface area contributed by atoms with Gasteiger partial charge in [-0.2, -0.15) is 0 Å². The van der Waals surface area contributed by atoms with Gasteiger partial charge in [-0.1, -0.05) is 12.1 Å². The molecule has 2 rings (SSSR count). The van der Waals surface area contributed by atoms with Gasteiger partial charge >= 0.3 is 12.1 Å². The van der Waals surface area contributed by atoms with Gasteiger partial charge in [0.15, 0.2) is 6.10 Å². The maximum atomic E-state index is 12.9. The number of piperidine rings is 1. The number of esters is 1. The number of hydrogen-bond acceptors (Lipinski definition) is 5. The maximum Gasteiger partial charge on any atom is 0.410 e. The molecule has 1 aliphatic heterocycles. The van der Waals surface area contributed by atoms with Crippen LogP contribution in [0.5, 0.6) is 0 Å². The molecule has 160 valence electrons. The third kappa shape index (κ3) is 7.36. The first-order valence-corrected chi connectivity index (χ1v) is 9.76. The van der Waals surface area contributed by atoms with Crippen molar-refractivity contribution >= 4 is 18.0 Å². The average Bonchev–Trinajstić information content (AvgIpc) is 2.66. The first kappa shape index (κ1) is 22.6. The molecule has 0 saturated carbocycles. The molecule has 0 radical (unpaired) electrons. The summed E-state index contributed by atoms with van der Waals surface area (Å²) in [6.45, 7) is 7.94. The number of carbonyl (C=O) groups excluding carboxylic acids is 3. The number of carbonyl (C=O) groups is 3. The van der Waals surface area contributed by atoms with E-state index in [1.54, 1.807) is 37.8 Å². The second kappa shape index (κ2) is 9.71. The van der Waals surface area contributed by atoms with Crippen molar-refractivity contribution in [3.8, 4) is 0 Å². The molecule has 2 amide bonds. The molecule has 1 aliphatic rings. The topological polar surface area (TPSA) is 84.9 Å². The van der Waals surface area contributed by atoms with Crippen LogP contribution in [0.15, 0.2) is 24.3 Å². The van der Waals surface area contributed by atoms with E-state index in [0.29, 0.717) is 25.9 Å². The van der Waals surface area contributed by atoms with E-state index in [1.807, 2.05) is 0 Å². The molecule has 8 heteroatoms. The fourth-order valence-electron chi connectivity index (χ4n) is 2.88. The maximum absolute atomic E-state index is 12.9. The highest BCUT2D eigenvalue weighted by Crippen LogP contribution is 2.21. The van der Waals surface area contributed by atoms with Crippen LogP contribution in [0.1, 0.15) is 46.1 Å². The molecule has 0 aliphatic carbocycles. The summed E-state index contributed by atoms with van der Waals surface area (Å²) in [6.07, 6.45) is -0.408. The predicted molar refractivity (Wildman–Crippen MR) is 104 cm³/mol. The monoisotopic (exact) mass is 408 g/mol. The van der Waals surface area contributed by atoms with Crippen molar-refractivity contribution in [2.75, 3.05) is 13.1 Å². The lowest BCUT2D eigenvalue weighted by Crippen LogP contribution is -2.44. The molecule has 1 saturated heterocycles. The Morgan fingerprint density at radius 3 is 2.31 bits per heavy atom. The summed E-state index contributed by atoms with van der Waals surface area (Å²) in [5.41, 5.74) is 0.177. The Bertz CT molecular complexity index is 722. The van der Waals surface area contributed by atoms with Crippen LogP contribution in [0.3, 0.4) is 0 Å². The average molecular weight is 408 g/mol. The highest BCUT2D eigenvalue weighted by molar-refractivity contribution is 5.84. The van der Waals surface area contributed by atoms with E-state index in [0.717, 1.165) is 5.56 Å². The van der Waals surface area contributed by atoms with E-state index < -0.39 is 29.7 Å². The van der Waals surface area contributed by atoms with Gasteiger partial charge in [-0.3, -0.25) is 9.59 Å². The van der Waals surface area contributed by atoms with Crippen LogP contribution in [0, 0.1) is 11.7 Å². The van der Waals surface area contributed by atoms with Gasteiger partial charge in [-0.25, -0.2) is 9.18 Å². The van der Waals surface area contributed by atoms with Gasteiger partial charge in [0.1, 0.15) is 11.4 Å². The minimum atomic E-state index is -0.938. The Kier molecular flexibility index (Phi) is 7.59. The van der Waals surface area contributed by atoms with Gasteiger partial charge in [-0.05, 0) is 58.2 Å². The zero-order valence-corrected chi connectivity index (χ0v) is 17.4. The molecule has 1 atom stereocenters. The molecule has 1 fully saturated rings. The molecule has 1 N–H and O–H groups in total. The molecule has 1 aromatic rings. The zero-order chi connectivity index (χ0) is 21.6. The summed E-state index contributed by atoms with van der Waals surface area (Å²) in [6, 6.07) is 5.78. The first-order chi connectivity index (χ1) is 13.5. The Morgan fingerprint density at radius 2 is 1.76 bits per heavy atom. The number of benzene rings is 1. The molecule has 0 aromatic heterocycles. The first-order valence-electron chi connectivity index (χ1n) is 9.76. The van der Waals surface area contributed by atoms with Crippen molar-refractivity contribution in [3.05, 3.63) is 35.6 Å². The van der Waals surface area contributed by atoms with Crippen molar-refractivity contribution in [2.45, 2.75) is 58.8 Å². The lowest BCUT2D eigenvalue weighted by atomic mass is 9.97. The highest BCUT2D eigenvalue weighted by Gasteiger charge is 2.32. The van der Waals surface area contributed by atoms with Crippen LogP contribution < -0.4 is 5.32 Å². The minimum absolute atomic E-state index is 0.218.